The van der Waals surface area contributed by atoms with E-state index in [1.807, 2.05) is 0 Å². The highest BCUT2D eigenvalue weighted by Gasteiger charge is 2.43. The molecular formula is C15H16ClNO4S. The van der Waals surface area contributed by atoms with Crippen molar-refractivity contribution in [2.75, 3.05) is 11.5 Å². The van der Waals surface area contributed by atoms with E-state index in [1.54, 1.807) is 30.0 Å². The van der Waals surface area contributed by atoms with E-state index in [4.69, 9.17) is 16.3 Å². The number of carboxylic acids is 1. The number of aliphatic carboxylic acids is 1. The van der Waals surface area contributed by atoms with Crippen molar-refractivity contribution in [2.24, 2.45) is 0 Å². The number of carboxylic acid groups (broad SMARTS) is 1. The molecule has 0 radical (unpaired) electrons. The van der Waals surface area contributed by atoms with Gasteiger partial charge in [-0.1, -0.05) is 11.6 Å². The Bertz CT molecular complexity index is 616. The Hall–Kier alpha value is -1.40. The Kier molecular flexibility index (Phi) is 4.23. The number of carbonyl (C=O) groups excluding carboxylic acids is 1. The Labute approximate surface area is 137 Å². The summed E-state index contributed by atoms with van der Waals surface area (Å²) in [5.74, 6) is 0.747. The highest BCUT2D eigenvalue weighted by Crippen LogP contribution is 2.32. The fraction of sp³-hybridized carbons (Fsp3) is 0.467. The van der Waals surface area contributed by atoms with Crippen LogP contribution >= 0.6 is 23.4 Å². The number of benzene rings is 1. The summed E-state index contributed by atoms with van der Waals surface area (Å²) in [4.78, 5) is 24.0. The molecule has 7 heteroatoms. The molecule has 0 saturated carbocycles. The molecular weight excluding hydrogens is 326 g/mol. The van der Waals surface area contributed by atoms with Gasteiger partial charge in [-0.25, -0.2) is 4.79 Å². The molecule has 1 amide bonds. The van der Waals surface area contributed by atoms with Crippen LogP contribution in [0.25, 0.3) is 0 Å². The molecule has 118 valence electrons. The first-order chi connectivity index (χ1) is 10.5. The van der Waals surface area contributed by atoms with Crippen molar-refractivity contribution in [2.45, 2.75) is 30.9 Å². The topological polar surface area (TPSA) is 75.6 Å². The summed E-state index contributed by atoms with van der Waals surface area (Å²) in [6, 6.07) is 5.21. The van der Waals surface area contributed by atoms with Gasteiger partial charge in [0.25, 0.3) is 5.91 Å². The molecule has 1 fully saturated rings. The Morgan fingerprint density at radius 2 is 2.09 bits per heavy atom. The third-order valence-corrected chi connectivity index (χ3v) is 5.33. The van der Waals surface area contributed by atoms with Gasteiger partial charge in [-0.05, 0) is 48.1 Å². The van der Waals surface area contributed by atoms with E-state index < -0.39 is 17.6 Å². The number of carbonyl (C=O) groups is 2. The predicted molar refractivity (Wildman–Crippen MR) is 84.6 cm³/mol. The molecule has 1 aromatic carbocycles. The summed E-state index contributed by atoms with van der Waals surface area (Å²) in [5, 5.41) is 12.8. The van der Waals surface area contributed by atoms with Crippen molar-refractivity contribution < 1.29 is 19.4 Å². The zero-order chi connectivity index (χ0) is 15.7. The maximum Gasteiger partial charge on any atom is 0.329 e. The number of nitrogens with one attached hydrogen (secondary N) is 1. The first-order valence-corrected chi connectivity index (χ1v) is 8.62. The standard InChI is InChI=1S/C15H16ClNO4S/c16-10-1-2-11-9(7-10)8-12(21-11)13(18)17-15(14(19)20)3-5-22-6-4-15/h1-2,7,12H,3-6,8H2,(H,17,18)(H,19,20). The second kappa shape index (κ2) is 6.01. The molecule has 3 rings (SSSR count). The van der Waals surface area contributed by atoms with Crippen LogP contribution < -0.4 is 10.1 Å². The van der Waals surface area contributed by atoms with Crippen molar-refractivity contribution in [1.82, 2.24) is 5.32 Å². The second-order valence-corrected chi connectivity index (χ2v) is 7.21. The van der Waals surface area contributed by atoms with Crippen LogP contribution in [0.5, 0.6) is 5.75 Å². The maximum absolute atomic E-state index is 12.4. The number of fused-ring (bicyclic) bond motifs is 1. The van der Waals surface area contributed by atoms with E-state index in [9.17, 15) is 14.7 Å². The van der Waals surface area contributed by atoms with Crippen LogP contribution in [0.2, 0.25) is 5.02 Å². The number of thioether (sulfide) groups is 1. The van der Waals surface area contributed by atoms with Crippen LogP contribution in [0.15, 0.2) is 18.2 Å². The molecule has 0 spiro atoms. The van der Waals surface area contributed by atoms with Crippen LogP contribution in [0.4, 0.5) is 0 Å². The molecule has 2 heterocycles. The van der Waals surface area contributed by atoms with Gasteiger partial charge in [-0.2, -0.15) is 11.8 Å². The molecule has 0 aliphatic carbocycles. The number of hydrogen-bond acceptors (Lipinski definition) is 4. The van der Waals surface area contributed by atoms with Crippen LogP contribution in [0.3, 0.4) is 0 Å². The zero-order valence-corrected chi connectivity index (χ0v) is 13.4. The average Bonchev–Trinajstić information content (AvgIpc) is 2.91. The van der Waals surface area contributed by atoms with E-state index in [0.717, 1.165) is 17.1 Å². The molecule has 5 nitrogen and oxygen atoms in total. The van der Waals surface area contributed by atoms with Crippen LogP contribution in [-0.4, -0.2) is 40.1 Å². The number of amides is 1. The smallest absolute Gasteiger partial charge is 0.329 e. The first kappa shape index (κ1) is 15.5. The van der Waals surface area contributed by atoms with Crippen molar-refractivity contribution >= 4 is 35.2 Å². The summed E-state index contributed by atoms with van der Waals surface area (Å²) in [6.07, 6.45) is 0.583. The summed E-state index contributed by atoms with van der Waals surface area (Å²) < 4.78 is 5.62. The molecule has 22 heavy (non-hydrogen) atoms. The van der Waals surface area contributed by atoms with E-state index in [2.05, 4.69) is 5.32 Å². The lowest BCUT2D eigenvalue weighted by Gasteiger charge is -2.34. The molecule has 2 aliphatic heterocycles. The lowest BCUT2D eigenvalue weighted by atomic mass is 9.91. The lowest BCUT2D eigenvalue weighted by Crippen LogP contribution is -2.59. The third-order valence-electron chi connectivity index (χ3n) is 4.11. The molecule has 1 saturated heterocycles. The van der Waals surface area contributed by atoms with Gasteiger partial charge in [-0.3, -0.25) is 4.79 Å². The summed E-state index contributed by atoms with van der Waals surface area (Å²) in [6.45, 7) is 0. The fourth-order valence-corrected chi connectivity index (χ4v) is 4.18. The zero-order valence-electron chi connectivity index (χ0n) is 11.8. The van der Waals surface area contributed by atoms with Gasteiger partial charge < -0.3 is 15.2 Å². The largest absolute Gasteiger partial charge is 0.480 e. The highest BCUT2D eigenvalue weighted by atomic mass is 35.5. The molecule has 0 bridgehead atoms. The Balaban J connectivity index is 1.71. The quantitative estimate of drug-likeness (QED) is 0.880. The van der Waals surface area contributed by atoms with Crippen LogP contribution in [0, 0.1) is 0 Å². The SMILES string of the molecule is O=C(NC1(C(=O)O)CCSCC1)C1Cc2cc(Cl)ccc2O1. The number of halogens is 1. The molecule has 2 aliphatic rings. The molecule has 0 aromatic heterocycles. The molecule has 2 N–H and O–H groups in total. The Morgan fingerprint density at radius 3 is 2.77 bits per heavy atom. The minimum absolute atomic E-state index is 0.373. The normalized spacial score (nSPS) is 22.5. The van der Waals surface area contributed by atoms with Gasteiger partial charge in [0.1, 0.15) is 11.3 Å². The highest BCUT2D eigenvalue weighted by molar-refractivity contribution is 7.99. The summed E-state index contributed by atoms with van der Waals surface area (Å²) in [5.41, 5.74) is -0.297. The van der Waals surface area contributed by atoms with Crippen molar-refractivity contribution in [1.29, 1.82) is 0 Å². The first-order valence-electron chi connectivity index (χ1n) is 7.08. The van der Waals surface area contributed by atoms with Gasteiger partial charge in [0.05, 0.1) is 0 Å². The van der Waals surface area contributed by atoms with E-state index in [-0.39, 0.29) is 5.91 Å². The van der Waals surface area contributed by atoms with Gasteiger partial charge in [0.15, 0.2) is 6.10 Å². The summed E-state index contributed by atoms with van der Waals surface area (Å²) >= 11 is 7.64. The van der Waals surface area contributed by atoms with E-state index in [1.165, 1.54) is 0 Å². The monoisotopic (exact) mass is 341 g/mol. The van der Waals surface area contributed by atoms with Gasteiger partial charge >= 0.3 is 5.97 Å². The number of ether oxygens (including phenoxy) is 1. The molecule has 1 unspecified atom stereocenters. The van der Waals surface area contributed by atoms with Gasteiger partial charge in [0.2, 0.25) is 0 Å². The van der Waals surface area contributed by atoms with Gasteiger partial charge in [0, 0.05) is 11.4 Å². The lowest BCUT2D eigenvalue weighted by molar-refractivity contribution is -0.149. The van der Waals surface area contributed by atoms with Crippen LogP contribution in [-0.2, 0) is 16.0 Å². The number of rotatable bonds is 3. The second-order valence-electron chi connectivity index (χ2n) is 5.55. The van der Waals surface area contributed by atoms with Crippen molar-refractivity contribution in [3.05, 3.63) is 28.8 Å². The minimum Gasteiger partial charge on any atom is -0.480 e. The molecule has 1 aromatic rings. The van der Waals surface area contributed by atoms with Crippen LogP contribution in [0.1, 0.15) is 18.4 Å². The molecule has 1 atom stereocenters. The van der Waals surface area contributed by atoms with Gasteiger partial charge in [-0.15, -0.1) is 0 Å². The van der Waals surface area contributed by atoms with E-state index in [0.29, 0.717) is 30.0 Å². The van der Waals surface area contributed by atoms with Crippen molar-refractivity contribution in [3.63, 3.8) is 0 Å². The predicted octanol–water partition coefficient (Wildman–Crippen LogP) is 2.11. The average molecular weight is 342 g/mol. The van der Waals surface area contributed by atoms with Crippen molar-refractivity contribution in [3.8, 4) is 5.75 Å². The van der Waals surface area contributed by atoms with E-state index >= 15 is 0 Å². The maximum atomic E-state index is 12.4. The number of hydrogen-bond donors (Lipinski definition) is 2. The summed E-state index contributed by atoms with van der Waals surface area (Å²) in [7, 11) is 0. The third kappa shape index (κ3) is 2.90. The fourth-order valence-electron chi connectivity index (χ4n) is 2.79. The Morgan fingerprint density at radius 1 is 1.36 bits per heavy atom. The minimum atomic E-state index is -1.17.